The predicted molar refractivity (Wildman–Crippen MR) is 84.9 cm³/mol. The van der Waals surface area contributed by atoms with E-state index in [2.05, 4.69) is 10.3 Å². The molecular formula is C16H18N2O3S. The Morgan fingerprint density at radius 3 is 2.91 bits per heavy atom. The Hall–Kier alpha value is -1.95. The third-order valence-electron chi connectivity index (χ3n) is 3.92. The maximum Gasteiger partial charge on any atom is 0.338 e. The van der Waals surface area contributed by atoms with E-state index in [1.54, 1.807) is 30.6 Å². The Morgan fingerprint density at radius 2 is 2.14 bits per heavy atom. The van der Waals surface area contributed by atoms with Gasteiger partial charge < -0.3 is 10.1 Å². The third-order valence-corrected chi connectivity index (χ3v) is 4.71. The Balaban J connectivity index is 1.60. The molecule has 0 aliphatic heterocycles. The number of ether oxygens (including phenoxy) is 1. The second kappa shape index (κ2) is 6.44. The van der Waals surface area contributed by atoms with Crippen molar-refractivity contribution in [3.63, 3.8) is 0 Å². The number of nitrogens with one attached hydrogen (secondary N) is 1. The van der Waals surface area contributed by atoms with E-state index in [1.165, 1.54) is 11.3 Å². The zero-order chi connectivity index (χ0) is 15.5. The molecule has 1 aromatic heterocycles. The molecule has 1 unspecified atom stereocenters. The van der Waals surface area contributed by atoms with Crippen LogP contribution < -0.4 is 5.32 Å². The lowest BCUT2D eigenvalue weighted by molar-refractivity contribution is -0.129. The predicted octanol–water partition coefficient (Wildman–Crippen LogP) is 2.90. The number of carbonyl (C=O) groups excluding carboxylic acids is 2. The molecule has 3 rings (SSSR count). The van der Waals surface area contributed by atoms with Crippen LogP contribution in [0.5, 0.6) is 0 Å². The van der Waals surface area contributed by atoms with Crippen LogP contribution in [-0.2, 0) is 9.53 Å². The van der Waals surface area contributed by atoms with E-state index < -0.39 is 12.1 Å². The summed E-state index contributed by atoms with van der Waals surface area (Å²) in [5, 5.41) is 2.94. The number of hydrogen-bond donors (Lipinski definition) is 1. The van der Waals surface area contributed by atoms with Gasteiger partial charge in [0.05, 0.1) is 21.3 Å². The molecule has 22 heavy (non-hydrogen) atoms. The van der Waals surface area contributed by atoms with Crippen LogP contribution in [0.1, 0.15) is 43.0 Å². The SMILES string of the molecule is CC(OC(=O)c1ccc2ncsc2c1)C(=O)NC1CCCC1. The second-order valence-electron chi connectivity index (χ2n) is 5.57. The molecule has 1 N–H and O–H groups in total. The minimum atomic E-state index is -0.787. The quantitative estimate of drug-likeness (QED) is 0.880. The molecule has 0 radical (unpaired) electrons. The van der Waals surface area contributed by atoms with Gasteiger partial charge in [-0.15, -0.1) is 11.3 Å². The summed E-state index contributed by atoms with van der Waals surface area (Å²) in [6.45, 7) is 1.60. The highest BCUT2D eigenvalue weighted by molar-refractivity contribution is 7.16. The van der Waals surface area contributed by atoms with Crippen molar-refractivity contribution in [1.82, 2.24) is 10.3 Å². The average molecular weight is 318 g/mol. The van der Waals surface area contributed by atoms with Gasteiger partial charge in [0.15, 0.2) is 6.10 Å². The highest BCUT2D eigenvalue weighted by atomic mass is 32.1. The molecule has 1 aliphatic rings. The smallest absolute Gasteiger partial charge is 0.338 e. The maximum atomic E-state index is 12.1. The number of amides is 1. The molecule has 1 aliphatic carbocycles. The standard InChI is InChI=1S/C16H18N2O3S/c1-10(15(19)18-12-4-2-3-5-12)21-16(20)11-6-7-13-14(8-11)22-9-17-13/h6-10,12H,2-5H2,1H3,(H,18,19). The third kappa shape index (κ3) is 3.27. The number of nitrogens with zero attached hydrogens (tertiary/aromatic N) is 1. The summed E-state index contributed by atoms with van der Waals surface area (Å²) < 4.78 is 6.20. The fourth-order valence-corrected chi connectivity index (χ4v) is 3.37. The number of esters is 1. The van der Waals surface area contributed by atoms with Gasteiger partial charge >= 0.3 is 5.97 Å². The first-order valence-corrected chi connectivity index (χ1v) is 8.36. The van der Waals surface area contributed by atoms with E-state index in [0.29, 0.717) is 5.56 Å². The molecule has 1 aromatic carbocycles. The van der Waals surface area contributed by atoms with Gasteiger partial charge in [0, 0.05) is 6.04 Å². The molecule has 1 amide bonds. The van der Waals surface area contributed by atoms with Gasteiger partial charge in [-0.1, -0.05) is 12.8 Å². The van der Waals surface area contributed by atoms with Crippen molar-refractivity contribution < 1.29 is 14.3 Å². The minimum Gasteiger partial charge on any atom is -0.449 e. The second-order valence-corrected chi connectivity index (χ2v) is 6.46. The monoisotopic (exact) mass is 318 g/mol. The van der Waals surface area contributed by atoms with Gasteiger partial charge in [0.1, 0.15) is 0 Å². The number of rotatable bonds is 4. The Labute approximate surface area is 132 Å². The summed E-state index contributed by atoms with van der Waals surface area (Å²) in [5.41, 5.74) is 3.03. The van der Waals surface area contributed by atoms with Crippen molar-refractivity contribution >= 4 is 33.4 Å². The topological polar surface area (TPSA) is 68.3 Å². The van der Waals surface area contributed by atoms with Crippen molar-refractivity contribution in [3.05, 3.63) is 29.3 Å². The lowest BCUT2D eigenvalue weighted by Gasteiger charge is -2.17. The Kier molecular flexibility index (Phi) is 4.38. The summed E-state index contributed by atoms with van der Waals surface area (Å²) in [5.74, 6) is -0.705. The highest BCUT2D eigenvalue weighted by Crippen LogP contribution is 2.20. The molecule has 0 bridgehead atoms. The van der Waals surface area contributed by atoms with Crippen LogP contribution in [0.3, 0.4) is 0 Å². The summed E-state index contributed by atoms with van der Waals surface area (Å²) >= 11 is 1.47. The van der Waals surface area contributed by atoms with Crippen molar-refractivity contribution in [2.24, 2.45) is 0 Å². The molecule has 1 saturated carbocycles. The molecule has 1 heterocycles. The van der Waals surface area contributed by atoms with Gasteiger partial charge in [0.25, 0.3) is 5.91 Å². The van der Waals surface area contributed by atoms with Gasteiger partial charge in [0.2, 0.25) is 0 Å². The van der Waals surface area contributed by atoms with Gasteiger partial charge in [-0.3, -0.25) is 4.79 Å². The summed E-state index contributed by atoms with van der Waals surface area (Å²) in [7, 11) is 0. The first-order chi connectivity index (χ1) is 10.6. The fraction of sp³-hybridized carbons (Fsp3) is 0.438. The molecule has 0 saturated heterocycles. The van der Waals surface area contributed by atoms with E-state index in [9.17, 15) is 9.59 Å². The van der Waals surface area contributed by atoms with Crippen molar-refractivity contribution in [1.29, 1.82) is 0 Å². The maximum absolute atomic E-state index is 12.1. The van der Waals surface area contributed by atoms with Gasteiger partial charge in [-0.2, -0.15) is 0 Å². The number of fused-ring (bicyclic) bond motifs is 1. The summed E-state index contributed by atoms with van der Waals surface area (Å²) in [4.78, 5) is 28.4. The van der Waals surface area contributed by atoms with Crippen LogP contribution in [0.4, 0.5) is 0 Å². The van der Waals surface area contributed by atoms with Crippen LogP contribution in [0.25, 0.3) is 10.2 Å². The molecule has 0 spiro atoms. The van der Waals surface area contributed by atoms with Gasteiger partial charge in [-0.25, -0.2) is 9.78 Å². The van der Waals surface area contributed by atoms with Crippen LogP contribution in [0, 0.1) is 0 Å². The number of hydrogen-bond acceptors (Lipinski definition) is 5. The fourth-order valence-electron chi connectivity index (χ4n) is 2.65. The van der Waals surface area contributed by atoms with Crippen molar-refractivity contribution in [2.75, 3.05) is 0 Å². The largest absolute Gasteiger partial charge is 0.449 e. The minimum absolute atomic E-state index is 0.223. The molecule has 6 heteroatoms. The molecule has 1 fully saturated rings. The summed E-state index contributed by atoms with van der Waals surface area (Å²) in [6.07, 6.45) is 3.52. The Bertz CT molecular complexity index is 692. The Morgan fingerprint density at radius 1 is 1.36 bits per heavy atom. The number of aromatic nitrogens is 1. The first kappa shape index (κ1) is 15.0. The number of carbonyl (C=O) groups is 2. The van der Waals surface area contributed by atoms with E-state index in [4.69, 9.17) is 4.74 Å². The van der Waals surface area contributed by atoms with Crippen LogP contribution >= 0.6 is 11.3 Å². The van der Waals surface area contributed by atoms with Crippen LogP contribution in [0.15, 0.2) is 23.7 Å². The van der Waals surface area contributed by atoms with E-state index in [-0.39, 0.29) is 11.9 Å². The molecule has 1 atom stereocenters. The summed E-state index contributed by atoms with van der Waals surface area (Å²) in [6, 6.07) is 5.43. The molecular weight excluding hydrogens is 300 g/mol. The average Bonchev–Trinajstić information content (AvgIpc) is 3.16. The van der Waals surface area contributed by atoms with Crippen LogP contribution in [0.2, 0.25) is 0 Å². The van der Waals surface area contributed by atoms with E-state index in [1.807, 2.05) is 0 Å². The number of thiazole rings is 1. The van der Waals surface area contributed by atoms with E-state index >= 15 is 0 Å². The van der Waals surface area contributed by atoms with Crippen LogP contribution in [-0.4, -0.2) is 29.0 Å². The van der Waals surface area contributed by atoms with Crippen molar-refractivity contribution in [3.8, 4) is 0 Å². The lowest BCUT2D eigenvalue weighted by atomic mass is 10.2. The van der Waals surface area contributed by atoms with E-state index in [0.717, 1.165) is 35.9 Å². The molecule has 5 nitrogen and oxygen atoms in total. The molecule has 2 aromatic rings. The highest BCUT2D eigenvalue weighted by Gasteiger charge is 2.23. The zero-order valence-corrected chi connectivity index (χ0v) is 13.2. The van der Waals surface area contributed by atoms with Crippen molar-refractivity contribution in [2.45, 2.75) is 44.8 Å². The normalized spacial score (nSPS) is 16.6. The lowest BCUT2D eigenvalue weighted by Crippen LogP contribution is -2.40. The molecule has 116 valence electrons. The zero-order valence-electron chi connectivity index (χ0n) is 12.4. The van der Waals surface area contributed by atoms with Gasteiger partial charge in [-0.05, 0) is 38.0 Å². The number of benzene rings is 1. The first-order valence-electron chi connectivity index (χ1n) is 7.48.